The molecule has 1 N–H and O–H groups in total. The molecule has 130 valence electrons. The summed E-state index contributed by atoms with van der Waals surface area (Å²) in [5.74, 6) is -0.181. The average Bonchev–Trinajstić information content (AvgIpc) is 3.03. The van der Waals surface area contributed by atoms with Crippen LogP contribution in [0.5, 0.6) is 0 Å². The largest absolute Gasteiger partial charge is 1.00 e. The molecule has 4 nitrogen and oxygen atoms in total. The smallest absolute Gasteiger partial charge is 0.340 e. The lowest BCUT2D eigenvalue weighted by Gasteiger charge is -2.46. The number of nitrogens with zero attached hydrogens (tertiary/aromatic N) is 1. The van der Waals surface area contributed by atoms with Crippen LogP contribution >= 0.6 is 0 Å². The van der Waals surface area contributed by atoms with Crippen molar-refractivity contribution in [2.75, 3.05) is 13.6 Å². The normalized spacial score (nSPS) is 31.7. The molecule has 4 rings (SSSR count). The van der Waals surface area contributed by atoms with Crippen LogP contribution in [0.25, 0.3) is 10.9 Å². The number of halogens is 1. The predicted molar refractivity (Wildman–Crippen MR) is 90.3 cm³/mol. The first-order valence-corrected chi connectivity index (χ1v) is 8.74. The van der Waals surface area contributed by atoms with Crippen LogP contribution in [0, 0.1) is 0 Å². The predicted octanol–water partition coefficient (Wildman–Crippen LogP) is 0.489. The van der Waals surface area contributed by atoms with Crippen LogP contribution in [-0.2, 0) is 4.74 Å². The SMILES string of the molecule is CC[N+]1(C)C2CCC1CC(OC(=O)c1c[nH]c3ccccc13)C2.[I-]. The van der Waals surface area contributed by atoms with Crippen molar-refractivity contribution in [3.8, 4) is 0 Å². The van der Waals surface area contributed by atoms with Gasteiger partial charge in [-0.05, 0) is 13.0 Å². The minimum Gasteiger partial charge on any atom is -1.00 e. The number of esters is 1. The van der Waals surface area contributed by atoms with E-state index in [-0.39, 0.29) is 36.0 Å². The van der Waals surface area contributed by atoms with Crippen molar-refractivity contribution in [1.29, 1.82) is 0 Å². The molecule has 2 atom stereocenters. The summed E-state index contributed by atoms with van der Waals surface area (Å²) in [5.41, 5.74) is 1.64. The Kier molecular flexibility index (Phi) is 4.93. The Morgan fingerprint density at radius 2 is 1.92 bits per heavy atom. The third-order valence-electron chi connectivity index (χ3n) is 6.34. The van der Waals surface area contributed by atoms with Crippen LogP contribution in [0.1, 0.15) is 43.0 Å². The van der Waals surface area contributed by atoms with Gasteiger partial charge in [0.25, 0.3) is 0 Å². The maximum Gasteiger partial charge on any atom is 0.340 e. The molecule has 0 saturated carbocycles. The second-order valence-corrected chi connectivity index (χ2v) is 7.29. The molecule has 1 aromatic heterocycles. The van der Waals surface area contributed by atoms with Gasteiger partial charge in [0.2, 0.25) is 0 Å². The van der Waals surface area contributed by atoms with Crippen LogP contribution in [-0.4, -0.2) is 47.2 Å². The summed E-state index contributed by atoms with van der Waals surface area (Å²) in [6.45, 7) is 3.46. The minimum absolute atomic E-state index is 0. The van der Waals surface area contributed by atoms with Crippen LogP contribution in [0.3, 0.4) is 0 Å². The van der Waals surface area contributed by atoms with Crippen LogP contribution in [0.4, 0.5) is 0 Å². The van der Waals surface area contributed by atoms with Crippen molar-refractivity contribution < 1.29 is 38.0 Å². The molecule has 2 aliphatic heterocycles. The summed E-state index contributed by atoms with van der Waals surface area (Å²) < 4.78 is 7.06. The molecule has 5 heteroatoms. The zero-order valence-corrected chi connectivity index (χ0v) is 16.5. The summed E-state index contributed by atoms with van der Waals surface area (Å²) in [4.78, 5) is 15.8. The molecule has 2 saturated heterocycles. The molecule has 2 aliphatic rings. The van der Waals surface area contributed by atoms with Gasteiger partial charge >= 0.3 is 5.97 Å². The van der Waals surface area contributed by atoms with Crippen molar-refractivity contribution in [3.05, 3.63) is 36.0 Å². The Morgan fingerprint density at radius 3 is 2.58 bits per heavy atom. The van der Waals surface area contributed by atoms with E-state index in [1.807, 2.05) is 24.3 Å². The van der Waals surface area contributed by atoms with Gasteiger partial charge in [-0.2, -0.15) is 0 Å². The number of hydrogen-bond donors (Lipinski definition) is 1. The fourth-order valence-corrected chi connectivity index (χ4v) is 4.76. The maximum absolute atomic E-state index is 12.6. The first-order chi connectivity index (χ1) is 11.1. The van der Waals surface area contributed by atoms with E-state index in [1.165, 1.54) is 23.9 Å². The monoisotopic (exact) mass is 440 g/mol. The van der Waals surface area contributed by atoms with Crippen LogP contribution in [0.2, 0.25) is 0 Å². The second kappa shape index (κ2) is 6.67. The summed E-state index contributed by atoms with van der Waals surface area (Å²) in [6.07, 6.45) is 6.42. The molecular weight excluding hydrogens is 415 g/mol. The van der Waals surface area contributed by atoms with Crippen molar-refractivity contribution >= 4 is 16.9 Å². The van der Waals surface area contributed by atoms with Gasteiger partial charge in [-0.3, -0.25) is 0 Å². The van der Waals surface area contributed by atoms with E-state index in [2.05, 4.69) is 19.0 Å². The molecule has 0 spiro atoms. The number of hydrogen-bond acceptors (Lipinski definition) is 2. The van der Waals surface area contributed by atoms with E-state index in [0.717, 1.165) is 23.7 Å². The molecule has 0 amide bonds. The number of para-hydroxylation sites is 1. The quantitative estimate of drug-likeness (QED) is 0.429. The molecule has 2 fully saturated rings. The molecular formula is C19H25IN2O2. The van der Waals surface area contributed by atoms with E-state index in [9.17, 15) is 4.79 Å². The molecule has 24 heavy (non-hydrogen) atoms. The number of carbonyl (C=O) groups is 1. The molecule has 2 bridgehead atoms. The number of nitrogens with one attached hydrogen (secondary N) is 1. The molecule has 1 aromatic carbocycles. The van der Waals surface area contributed by atoms with E-state index < -0.39 is 0 Å². The number of carbonyl (C=O) groups excluding carboxylic acids is 1. The van der Waals surface area contributed by atoms with Crippen LogP contribution in [0.15, 0.2) is 30.5 Å². The zero-order valence-electron chi connectivity index (χ0n) is 14.3. The topological polar surface area (TPSA) is 42.1 Å². The number of H-pyrrole nitrogens is 1. The first kappa shape index (κ1) is 17.7. The summed E-state index contributed by atoms with van der Waals surface area (Å²) >= 11 is 0. The molecule has 2 unspecified atom stereocenters. The lowest BCUT2D eigenvalue weighted by Crippen LogP contribution is -3.00. The third-order valence-corrected chi connectivity index (χ3v) is 6.34. The average molecular weight is 440 g/mol. The standard InChI is InChI=1S/C19H24N2O2.HI/c1-3-21(2)13-8-9-14(21)11-15(10-13)23-19(22)17-12-20-18-7-5-4-6-16(17)18;/h4-7,12-15H,3,8-11H2,1-2H3;1H. The van der Waals surface area contributed by atoms with Gasteiger partial charge < -0.3 is 38.2 Å². The van der Waals surface area contributed by atoms with Gasteiger partial charge in [-0.25, -0.2) is 4.79 Å². The molecule has 2 aromatic rings. The lowest BCUT2D eigenvalue weighted by atomic mass is 9.96. The highest BCUT2D eigenvalue weighted by Gasteiger charge is 2.51. The number of aromatic nitrogens is 1. The number of ether oxygens (including phenoxy) is 1. The van der Waals surface area contributed by atoms with Gasteiger partial charge in [0.1, 0.15) is 6.10 Å². The van der Waals surface area contributed by atoms with E-state index >= 15 is 0 Å². The van der Waals surface area contributed by atoms with Gasteiger partial charge in [-0.1, -0.05) is 18.2 Å². The van der Waals surface area contributed by atoms with E-state index in [1.54, 1.807) is 6.20 Å². The summed E-state index contributed by atoms with van der Waals surface area (Å²) in [5, 5.41) is 0.949. The lowest BCUT2D eigenvalue weighted by molar-refractivity contribution is -0.947. The first-order valence-electron chi connectivity index (χ1n) is 8.74. The Morgan fingerprint density at radius 1 is 1.25 bits per heavy atom. The fourth-order valence-electron chi connectivity index (χ4n) is 4.76. The highest BCUT2D eigenvalue weighted by molar-refractivity contribution is 6.04. The van der Waals surface area contributed by atoms with Gasteiger partial charge in [0.05, 0.1) is 31.2 Å². The number of rotatable bonds is 3. The molecule has 3 heterocycles. The van der Waals surface area contributed by atoms with E-state index in [0.29, 0.717) is 17.6 Å². The maximum atomic E-state index is 12.6. The number of quaternary nitrogens is 1. The Hall–Kier alpha value is -1.08. The Labute approximate surface area is 160 Å². The highest BCUT2D eigenvalue weighted by atomic mass is 127. The second-order valence-electron chi connectivity index (χ2n) is 7.29. The van der Waals surface area contributed by atoms with Gasteiger partial charge in [0, 0.05) is 42.8 Å². The minimum atomic E-state index is -0.181. The number of fused-ring (bicyclic) bond motifs is 3. The number of aromatic amines is 1. The zero-order chi connectivity index (χ0) is 16.0. The number of benzene rings is 1. The van der Waals surface area contributed by atoms with Gasteiger partial charge in [-0.15, -0.1) is 0 Å². The van der Waals surface area contributed by atoms with Gasteiger partial charge in [0.15, 0.2) is 0 Å². The van der Waals surface area contributed by atoms with Crippen molar-refractivity contribution in [3.63, 3.8) is 0 Å². The third kappa shape index (κ3) is 2.75. The fraction of sp³-hybridized carbons (Fsp3) is 0.526. The highest BCUT2D eigenvalue weighted by Crippen LogP contribution is 2.42. The Bertz CT molecular complexity index is 728. The number of piperidine rings is 1. The van der Waals surface area contributed by atoms with Crippen molar-refractivity contribution in [1.82, 2.24) is 4.98 Å². The molecule has 0 aliphatic carbocycles. The van der Waals surface area contributed by atoms with Crippen molar-refractivity contribution in [2.45, 2.75) is 50.8 Å². The van der Waals surface area contributed by atoms with E-state index in [4.69, 9.17) is 4.74 Å². The summed E-state index contributed by atoms with van der Waals surface area (Å²) in [6, 6.07) is 9.18. The molecule has 0 radical (unpaired) electrons. The Balaban J connectivity index is 0.00000169. The summed E-state index contributed by atoms with van der Waals surface area (Å²) in [7, 11) is 2.38. The van der Waals surface area contributed by atoms with Crippen molar-refractivity contribution in [2.24, 2.45) is 0 Å². The van der Waals surface area contributed by atoms with Crippen LogP contribution < -0.4 is 24.0 Å².